The largest absolute Gasteiger partial charge is 0.480 e. The van der Waals surface area contributed by atoms with Crippen LogP contribution in [0.1, 0.15) is 15.9 Å². The van der Waals surface area contributed by atoms with Crippen LogP contribution < -0.4 is 0 Å². The van der Waals surface area contributed by atoms with Crippen LogP contribution in [-0.2, 0) is 11.2 Å². The number of carboxylic acids is 1. The Kier molecular flexibility index (Phi) is 4.96. The number of hydrogen-bond acceptors (Lipinski definition) is 3. The molecule has 2 aromatic carbocycles. The van der Waals surface area contributed by atoms with Crippen molar-refractivity contribution in [2.24, 2.45) is 0 Å². The molecule has 1 unspecified atom stereocenters. The van der Waals surface area contributed by atoms with Gasteiger partial charge in [-0.2, -0.15) is 0 Å². The highest BCUT2D eigenvalue weighted by molar-refractivity contribution is 8.15. The van der Waals surface area contributed by atoms with Crippen molar-refractivity contribution < 1.29 is 14.7 Å². The maximum absolute atomic E-state index is 12.0. The molecule has 3 nitrogen and oxygen atoms in total. The van der Waals surface area contributed by atoms with Crippen LogP contribution in [0.3, 0.4) is 0 Å². The summed E-state index contributed by atoms with van der Waals surface area (Å²) < 4.78 is 0. The predicted molar refractivity (Wildman–Crippen MR) is 79.9 cm³/mol. The van der Waals surface area contributed by atoms with Crippen LogP contribution in [0.4, 0.5) is 0 Å². The second kappa shape index (κ2) is 6.91. The van der Waals surface area contributed by atoms with E-state index in [0.717, 1.165) is 17.3 Å². The Morgan fingerprint density at radius 1 is 0.950 bits per heavy atom. The van der Waals surface area contributed by atoms with Crippen LogP contribution in [0.15, 0.2) is 60.7 Å². The molecule has 0 saturated heterocycles. The molecular weight excluding hydrogens is 272 g/mol. The molecular formula is C16H14O3S. The average molecular weight is 286 g/mol. The summed E-state index contributed by atoms with van der Waals surface area (Å²) in [6.45, 7) is 0. The van der Waals surface area contributed by atoms with Crippen molar-refractivity contribution in [2.45, 2.75) is 11.7 Å². The maximum atomic E-state index is 12.0. The number of rotatable bonds is 5. The number of carboxylic acid groups (broad SMARTS) is 1. The topological polar surface area (TPSA) is 54.4 Å². The van der Waals surface area contributed by atoms with Gasteiger partial charge < -0.3 is 5.11 Å². The third kappa shape index (κ3) is 3.96. The molecule has 0 aliphatic rings. The highest BCUT2D eigenvalue weighted by atomic mass is 32.2. The number of benzene rings is 2. The zero-order valence-electron chi connectivity index (χ0n) is 10.7. The normalized spacial score (nSPS) is 11.8. The Hall–Kier alpha value is -2.07. The molecule has 102 valence electrons. The van der Waals surface area contributed by atoms with Gasteiger partial charge in [0.05, 0.1) is 0 Å². The van der Waals surface area contributed by atoms with E-state index in [4.69, 9.17) is 0 Å². The monoisotopic (exact) mass is 286 g/mol. The quantitative estimate of drug-likeness (QED) is 0.916. The van der Waals surface area contributed by atoms with Gasteiger partial charge >= 0.3 is 5.97 Å². The van der Waals surface area contributed by atoms with E-state index >= 15 is 0 Å². The lowest BCUT2D eigenvalue weighted by atomic mass is 10.1. The highest BCUT2D eigenvalue weighted by Gasteiger charge is 2.23. The summed E-state index contributed by atoms with van der Waals surface area (Å²) in [7, 11) is 0. The van der Waals surface area contributed by atoms with Gasteiger partial charge in [-0.1, -0.05) is 72.4 Å². The summed E-state index contributed by atoms with van der Waals surface area (Å²) in [6, 6.07) is 18.1. The predicted octanol–water partition coefficient (Wildman–Crippen LogP) is 3.26. The lowest BCUT2D eigenvalue weighted by Crippen LogP contribution is -2.21. The van der Waals surface area contributed by atoms with Gasteiger partial charge in [-0.05, 0) is 12.0 Å². The van der Waals surface area contributed by atoms with Gasteiger partial charge in [0.1, 0.15) is 5.25 Å². The summed E-state index contributed by atoms with van der Waals surface area (Å²) >= 11 is 0.862. The van der Waals surface area contributed by atoms with Crippen molar-refractivity contribution in [3.63, 3.8) is 0 Å². The Morgan fingerprint density at radius 2 is 1.50 bits per heavy atom. The molecule has 0 radical (unpaired) electrons. The molecule has 0 heterocycles. The van der Waals surface area contributed by atoms with E-state index in [2.05, 4.69) is 0 Å². The highest BCUT2D eigenvalue weighted by Crippen LogP contribution is 2.21. The molecule has 20 heavy (non-hydrogen) atoms. The molecule has 1 atom stereocenters. The Labute approximate surface area is 121 Å². The molecule has 4 heteroatoms. The summed E-state index contributed by atoms with van der Waals surface area (Å²) in [4.78, 5) is 23.3. The first kappa shape index (κ1) is 14.3. The maximum Gasteiger partial charge on any atom is 0.317 e. The summed E-state index contributed by atoms with van der Waals surface area (Å²) in [5.74, 6) is -0.969. The van der Waals surface area contributed by atoms with Crippen LogP contribution in [0, 0.1) is 0 Å². The van der Waals surface area contributed by atoms with Gasteiger partial charge in [0.25, 0.3) is 0 Å². The fraction of sp³-hybridized carbons (Fsp3) is 0.125. The lowest BCUT2D eigenvalue weighted by molar-refractivity contribution is -0.136. The molecule has 2 aromatic rings. The lowest BCUT2D eigenvalue weighted by Gasteiger charge is -2.11. The Balaban J connectivity index is 2.07. The second-order valence-electron chi connectivity index (χ2n) is 4.29. The van der Waals surface area contributed by atoms with Crippen LogP contribution in [0.25, 0.3) is 0 Å². The van der Waals surface area contributed by atoms with Crippen molar-refractivity contribution in [1.29, 1.82) is 0 Å². The van der Waals surface area contributed by atoms with Crippen LogP contribution in [0.5, 0.6) is 0 Å². The fourth-order valence-corrected chi connectivity index (χ4v) is 2.69. The summed E-state index contributed by atoms with van der Waals surface area (Å²) in [5.41, 5.74) is 1.44. The molecule has 0 bridgehead atoms. The first-order valence-electron chi connectivity index (χ1n) is 6.19. The minimum Gasteiger partial charge on any atom is -0.480 e. The molecule has 0 aliphatic carbocycles. The minimum absolute atomic E-state index is 0.214. The van der Waals surface area contributed by atoms with Crippen molar-refractivity contribution in [3.8, 4) is 0 Å². The summed E-state index contributed by atoms with van der Waals surface area (Å²) in [5, 5.41) is 8.27. The van der Waals surface area contributed by atoms with Gasteiger partial charge in [0.15, 0.2) is 0 Å². The van der Waals surface area contributed by atoms with Crippen LogP contribution in [0.2, 0.25) is 0 Å². The standard InChI is InChI=1S/C16H14O3S/c17-15(18)14(11-12-7-3-1-4-8-12)20-16(19)13-9-5-2-6-10-13/h1-10,14H,11H2,(H,17,18). The van der Waals surface area contributed by atoms with E-state index in [1.54, 1.807) is 24.3 Å². The second-order valence-corrected chi connectivity index (χ2v) is 5.46. The van der Waals surface area contributed by atoms with Gasteiger partial charge in [-0.25, -0.2) is 0 Å². The van der Waals surface area contributed by atoms with Crippen LogP contribution in [-0.4, -0.2) is 21.4 Å². The van der Waals surface area contributed by atoms with E-state index in [1.165, 1.54) is 0 Å². The number of carbonyl (C=O) groups is 2. The third-order valence-corrected chi connectivity index (χ3v) is 3.90. The molecule has 0 spiro atoms. The smallest absolute Gasteiger partial charge is 0.317 e. The Bertz CT molecular complexity index is 581. The van der Waals surface area contributed by atoms with Crippen molar-refractivity contribution >= 4 is 22.8 Å². The van der Waals surface area contributed by atoms with Gasteiger partial charge in [-0.15, -0.1) is 0 Å². The SMILES string of the molecule is O=C(SC(Cc1ccccc1)C(=O)O)c1ccccc1. The number of thioether (sulfide) groups is 1. The summed E-state index contributed by atoms with van der Waals surface area (Å²) in [6.07, 6.45) is 0.333. The van der Waals surface area contributed by atoms with Gasteiger partial charge in [0, 0.05) is 5.56 Å². The molecule has 0 aliphatic heterocycles. The Morgan fingerprint density at radius 3 is 2.05 bits per heavy atom. The number of hydrogen-bond donors (Lipinski definition) is 1. The first-order chi connectivity index (χ1) is 9.66. The van der Waals surface area contributed by atoms with Crippen LogP contribution >= 0.6 is 11.8 Å². The molecule has 0 saturated carbocycles. The van der Waals surface area contributed by atoms with E-state index in [1.807, 2.05) is 36.4 Å². The number of carbonyl (C=O) groups excluding carboxylic acids is 1. The van der Waals surface area contributed by atoms with E-state index in [9.17, 15) is 14.7 Å². The van der Waals surface area contributed by atoms with Gasteiger partial charge in [-0.3, -0.25) is 9.59 Å². The fourth-order valence-electron chi connectivity index (χ4n) is 1.78. The molecule has 1 N–H and O–H groups in total. The molecule has 0 aromatic heterocycles. The zero-order valence-corrected chi connectivity index (χ0v) is 11.5. The zero-order chi connectivity index (χ0) is 14.4. The third-order valence-electron chi connectivity index (χ3n) is 2.80. The van der Waals surface area contributed by atoms with Crippen molar-refractivity contribution in [2.75, 3.05) is 0 Å². The van der Waals surface area contributed by atoms with Gasteiger partial charge in [0.2, 0.25) is 5.12 Å². The minimum atomic E-state index is -0.969. The molecule has 0 amide bonds. The van der Waals surface area contributed by atoms with E-state index in [-0.39, 0.29) is 5.12 Å². The van der Waals surface area contributed by atoms with E-state index in [0.29, 0.717) is 12.0 Å². The average Bonchev–Trinajstić information content (AvgIpc) is 2.48. The molecule has 2 rings (SSSR count). The molecule has 0 fully saturated rings. The number of aliphatic carboxylic acids is 1. The van der Waals surface area contributed by atoms with Crippen molar-refractivity contribution in [1.82, 2.24) is 0 Å². The van der Waals surface area contributed by atoms with Crippen molar-refractivity contribution in [3.05, 3.63) is 71.8 Å². The first-order valence-corrected chi connectivity index (χ1v) is 7.07. The van der Waals surface area contributed by atoms with E-state index < -0.39 is 11.2 Å².